The summed E-state index contributed by atoms with van der Waals surface area (Å²) in [4.78, 5) is 16.2. The maximum atomic E-state index is 13.6. The first-order chi connectivity index (χ1) is 11.1. The average Bonchev–Trinajstić information content (AvgIpc) is 2.95. The van der Waals surface area contributed by atoms with Gasteiger partial charge >= 0.3 is 0 Å². The first-order valence-electron chi connectivity index (χ1n) is 6.83. The molecule has 2 N–H and O–H groups in total. The van der Waals surface area contributed by atoms with Gasteiger partial charge in [-0.05, 0) is 25.1 Å². The van der Waals surface area contributed by atoms with Crippen LogP contribution in [0.5, 0.6) is 0 Å². The molecule has 116 valence electrons. The van der Waals surface area contributed by atoms with E-state index in [1.54, 1.807) is 37.4 Å². The predicted molar refractivity (Wildman–Crippen MR) is 83.1 cm³/mol. The lowest BCUT2D eigenvalue weighted by Crippen LogP contribution is -2.13. The van der Waals surface area contributed by atoms with Crippen molar-refractivity contribution in [2.45, 2.75) is 6.92 Å². The number of halogens is 1. The molecule has 0 spiro atoms. The lowest BCUT2D eigenvalue weighted by Gasteiger charge is -2.07. The molecule has 0 unspecified atom stereocenters. The van der Waals surface area contributed by atoms with Gasteiger partial charge in [0.15, 0.2) is 5.82 Å². The van der Waals surface area contributed by atoms with Gasteiger partial charge in [-0.1, -0.05) is 17.3 Å². The Morgan fingerprint density at radius 2 is 2.04 bits per heavy atom. The quantitative estimate of drug-likeness (QED) is 0.770. The average molecular weight is 312 g/mol. The van der Waals surface area contributed by atoms with Gasteiger partial charge < -0.3 is 15.2 Å². The van der Waals surface area contributed by atoms with Crippen LogP contribution in [0.4, 0.5) is 21.6 Å². The summed E-state index contributed by atoms with van der Waals surface area (Å²) in [5, 5.41) is 9.28. The van der Waals surface area contributed by atoms with E-state index in [1.807, 2.05) is 0 Å². The lowest BCUT2D eigenvalue weighted by molar-refractivity contribution is 0.102. The summed E-state index contributed by atoms with van der Waals surface area (Å²) in [5.74, 6) is 0.216. The summed E-state index contributed by atoms with van der Waals surface area (Å²) in [6, 6.07) is 9.26. The SMILES string of the molecule is Cc1cc(Nc2cncc(C(=O)Nc3ccccc3F)c2)no1. The van der Waals surface area contributed by atoms with Crippen LogP contribution in [0.15, 0.2) is 53.3 Å². The Labute approximate surface area is 131 Å². The van der Waals surface area contributed by atoms with Gasteiger partial charge in [0.05, 0.1) is 23.1 Å². The van der Waals surface area contributed by atoms with Gasteiger partial charge in [-0.2, -0.15) is 0 Å². The number of rotatable bonds is 4. The van der Waals surface area contributed by atoms with Crippen LogP contribution < -0.4 is 10.6 Å². The smallest absolute Gasteiger partial charge is 0.257 e. The molecule has 0 aliphatic heterocycles. The van der Waals surface area contributed by atoms with E-state index in [1.165, 1.54) is 18.3 Å². The van der Waals surface area contributed by atoms with Crippen molar-refractivity contribution in [3.63, 3.8) is 0 Å². The lowest BCUT2D eigenvalue weighted by atomic mass is 10.2. The summed E-state index contributed by atoms with van der Waals surface area (Å²) < 4.78 is 18.5. The molecule has 0 atom stereocenters. The van der Waals surface area contributed by atoms with Crippen molar-refractivity contribution in [2.24, 2.45) is 0 Å². The van der Waals surface area contributed by atoms with Gasteiger partial charge in [0.2, 0.25) is 0 Å². The number of pyridine rings is 1. The molecule has 7 heteroatoms. The highest BCUT2D eigenvalue weighted by atomic mass is 19.1. The minimum absolute atomic E-state index is 0.114. The van der Waals surface area contributed by atoms with E-state index in [-0.39, 0.29) is 5.69 Å². The molecule has 3 rings (SSSR count). The summed E-state index contributed by atoms with van der Waals surface area (Å²) in [7, 11) is 0. The molecule has 0 saturated carbocycles. The normalized spacial score (nSPS) is 10.3. The van der Waals surface area contributed by atoms with Crippen molar-refractivity contribution >= 4 is 23.1 Å². The molecule has 6 nitrogen and oxygen atoms in total. The van der Waals surface area contributed by atoms with Crippen LogP contribution in [0, 0.1) is 12.7 Å². The van der Waals surface area contributed by atoms with Crippen LogP contribution in [0.2, 0.25) is 0 Å². The molecule has 1 aromatic carbocycles. The highest BCUT2D eigenvalue weighted by Crippen LogP contribution is 2.18. The Hall–Kier alpha value is -3.22. The third kappa shape index (κ3) is 3.52. The summed E-state index contributed by atoms with van der Waals surface area (Å²) in [6.07, 6.45) is 2.94. The fourth-order valence-corrected chi connectivity index (χ4v) is 1.96. The number of amides is 1. The summed E-state index contributed by atoms with van der Waals surface area (Å²) >= 11 is 0. The highest BCUT2D eigenvalue weighted by Gasteiger charge is 2.10. The second kappa shape index (κ2) is 6.27. The van der Waals surface area contributed by atoms with E-state index in [9.17, 15) is 9.18 Å². The predicted octanol–water partition coefficient (Wildman–Crippen LogP) is 3.51. The number of anilines is 3. The van der Waals surface area contributed by atoms with E-state index >= 15 is 0 Å². The van der Waals surface area contributed by atoms with Crippen LogP contribution in [0.3, 0.4) is 0 Å². The zero-order valence-electron chi connectivity index (χ0n) is 12.2. The number of hydrogen-bond acceptors (Lipinski definition) is 5. The Morgan fingerprint density at radius 3 is 2.78 bits per heavy atom. The minimum Gasteiger partial charge on any atom is -0.360 e. The van der Waals surface area contributed by atoms with Gasteiger partial charge in [0.1, 0.15) is 11.6 Å². The molecule has 1 amide bonds. The van der Waals surface area contributed by atoms with Crippen molar-refractivity contribution in [2.75, 3.05) is 10.6 Å². The van der Waals surface area contributed by atoms with Crippen LogP contribution in [0.25, 0.3) is 0 Å². The van der Waals surface area contributed by atoms with Gasteiger partial charge in [0.25, 0.3) is 5.91 Å². The van der Waals surface area contributed by atoms with Crippen LogP contribution in [-0.2, 0) is 0 Å². The third-order valence-electron chi connectivity index (χ3n) is 3.02. The Balaban J connectivity index is 1.76. The largest absolute Gasteiger partial charge is 0.360 e. The second-order valence-corrected chi connectivity index (χ2v) is 4.84. The van der Waals surface area contributed by atoms with Gasteiger partial charge in [-0.3, -0.25) is 9.78 Å². The molecule has 0 bridgehead atoms. The number of aryl methyl sites for hydroxylation is 1. The van der Waals surface area contributed by atoms with Gasteiger partial charge in [-0.25, -0.2) is 4.39 Å². The molecule has 3 aromatic rings. The number of carbonyl (C=O) groups excluding carboxylic acids is 1. The molecule has 0 saturated heterocycles. The van der Waals surface area contributed by atoms with Crippen LogP contribution in [0.1, 0.15) is 16.1 Å². The molecule has 0 radical (unpaired) electrons. The Morgan fingerprint density at radius 1 is 1.22 bits per heavy atom. The van der Waals surface area contributed by atoms with E-state index in [2.05, 4.69) is 20.8 Å². The van der Waals surface area contributed by atoms with E-state index in [4.69, 9.17) is 4.52 Å². The molecular weight excluding hydrogens is 299 g/mol. The standard InChI is InChI=1S/C16H13FN4O2/c1-10-6-15(21-23-10)19-12-7-11(8-18-9-12)16(22)20-14-5-3-2-4-13(14)17/h2-9H,1H3,(H,19,21)(H,20,22). The van der Waals surface area contributed by atoms with Crippen molar-refractivity contribution < 1.29 is 13.7 Å². The van der Waals surface area contributed by atoms with Crippen molar-refractivity contribution in [3.8, 4) is 0 Å². The Kier molecular flexibility index (Phi) is 4.01. The number of carbonyl (C=O) groups is 1. The molecule has 0 aliphatic carbocycles. The minimum atomic E-state index is -0.499. The number of benzene rings is 1. The highest BCUT2D eigenvalue weighted by molar-refractivity contribution is 6.04. The number of hydrogen-bond donors (Lipinski definition) is 2. The van der Waals surface area contributed by atoms with E-state index < -0.39 is 11.7 Å². The van der Waals surface area contributed by atoms with Crippen molar-refractivity contribution in [1.29, 1.82) is 0 Å². The van der Waals surface area contributed by atoms with Gasteiger partial charge in [0, 0.05) is 12.3 Å². The Bertz CT molecular complexity index is 847. The van der Waals surface area contributed by atoms with Crippen LogP contribution >= 0.6 is 0 Å². The molecule has 0 aliphatic rings. The summed E-state index contributed by atoms with van der Waals surface area (Å²) in [5.41, 5.74) is 0.973. The number of aromatic nitrogens is 2. The first-order valence-corrected chi connectivity index (χ1v) is 6.83. The monoisotopic (exact) mass is 312 g/mol. The van der Waals surface area contributed by atoms with E-state index in [0.29, 0.717) is 22.8 Å². The van der Waals surface area contributed by atoms with Gasteiger partial charge in [-0.15, -0.1) is 0 Å². The first kappa shape index (κ1) is 14.7. The zero-order chi connectivity index (χ0) is 16.2. The summed E-state index contributed by atoms with van der Waals surface area (Å²) in [6.45, 7) is 1.77. The van der Waals surface area contributed by atoms with Crippen molar-refractivity contribution in [1.82, 2.24) is 10.1 Å². The van der Waals surface area contributed by atoms with E-state index in [0.717, 1.165) is 0 Å². The van der Waals surface area contributed by atoms with Crippen molar-refractivity contribution in [3.05, 3.63) is 65.9 Å². The maximum Gasteiger partial charge on any atom is 0.257 e. The topological polar surface area (TPSA) is 80.0 Å². The molecule has 2 heterocycles. The fraction of sp³-hybridized carbons (Fsp3) is 0.0625. The number of nitrogens with zero attached hydrogens (tertiary/aromatic N) is 2. The molecule has 2 aromatic heterocycles. The fourth-order valence-electron chi connectivity index (χ4n) is 1.96. The zero-order valence-corrected chi connectivity index (χ0v) is 12.2. The molecular formula is C16H13FN4O2. The molecule has 0 fully saturated rings. The number of para-hydroxylation sites is 1. The molecule has 23 heavy (non-hydrogen) atoms. The van der Waals surface area contributed by atoms with Crippen LogP contribution in [-0.4, -0.2) is 16.0 Å². The number of nitrogens with one attached hydrogen (secondary N) is 2. The third-order valence-corrected chi connectivity index (χ3v) is 3.02. The second-order valence-electron chi connectivity index (χ2n) is 4.84. The maximum absolute atomic E-state index is 13.6.